The molecule has 21 heavy (non-hydrogen) atoms. The van der Waals surface area contributed by atoms with E-state index in [1.54, 1.807) is 17.4 Å². The molecule has 3 aromatic rings. The number of nitrogens with one attached hydrogen (secondary N) is 1. The maximum atomic E-state index is 13.4. The summed E-state index contributed by atoms with van der Waals surface area (Å²) in [6, 6.07) is 6.39. The van der Waals surface area contributed by atoms with E-state index in [9.17, 15) is 4.39 Å². The van der Waals surface area contributed by atoms with Crippen LogP contribution < -0.4 is 11.3 Å². The molecular weight excluding hydrogens is 355 g/mol. The zero-order valence-corrected chi connectivity index (χ0v) is 13.7. The second-order valence-electron chi connectivity index (χ2n) is 4.85. The van der Waals surface area contributed by atoms with Crippen LogP contribution in [0, 0.1) is 12.7 Å². The lowest BCUT2D eigenvalue weighted by Gasteiger charge is -2.13. The molecule has 1 atom stereocenters. The normalized spacial score (nSPS) is 13.0. The van der Waals surface area contributed by atoms with Gasteiger partial charge >= 0.3 is 0 Å². The van der Waals surface area contributed by atoms with Crippen molar-refractivity contribution in [2.24, 2.45) is 5.84 Å². The minimum Gasteiger partial charge on any atom is -0.459 e. The van der Waals surface area contributed by atoms with Crippen molar-refractivity contribution in [3.8, 4) is 0 Å². The quantitative estimate of drug-likeness (QED) is 0.528. The van der Waals surface area contributed by atoms with Crippen LogP contribution in [0.2, 0.25) is 0 Å². The number of halogens is 2. The van der Waals surface area contributed by atoms with Gasteiger partial charge in [-0.1, -0.05) is 0 Å². The predicted octanol–water partition coefficient (Wildman–Crippen LogP) is 4.45. The van der Waals surface area contributed by atoms with Crippen molar-refractivity contribution in [1.82, 2.24) is 5.43 Å². The molecule has 2 heterocycles. The van der Waals surface area contributed by atoms with E-state index in [2.05, 4.69) is 21.4 Å². The van der Waals surface area contributed by atoms with E-state index >= 15 is 0 Å². The van der Waals surface area contributed by atoms with Crippen LogP contribution in [-0.2, 0) is 6.42 Å². The topological polar surface area (TPSA) is 51.2 Å². The summed E-state index contributed by atoms with van der Waals surface area (Å²) in [6.45, 7) is 1.93. The van der Waals surface area contributed by atoms with Gasteiger partial charge < -0.3 is 4.42 Å². The van der Waals surface area contributed by atoms with Gasteiger partial charge in [-0.25, -0.2) is 9.82 Å². The van der Waals surface area contributed by atoms with Crippen LogP contribution in [0.3, 0.4) is 0 Å². The van der Waals surface area contributed by atoms with Crippen LogP contribution in [0.4, 0.5) is 4.39 Å². The highest BCUT2D eigenvalue weighted by atomic mass is 79.9. The lowest BCUT2D eigenvalue weighted by Crippen LogP contribution is -2.29. The summed E-state index contributed by atoms with van der Waals surface area (Å²) in [5.41, 5.74) is 4.39. The Morgan fingerprint density at radius 1 is 1.43 bits per heavy atom. The fourth-order valence-corrected chi connectivity index (χ4v) is 3.99. The van der Waals surface area contributed by atoms with Crippen LogP contribution in [0.15, 0.2) is 38.5 Å². The molecule has 0 aliphatic carbocycles. The van der Waals surface area contributed by atoms with Gasteiger partial charge in [-0.3, -0.25) is 5.84 Å². The first-order valence-electron chi connectivity index (χ1n) is 6.46. The lowest BCUT2D eigenvalue weighted by molar-refractivity contribution is 0.432. The van der Waals surface area contributed by atoms with E-state index in [1.807, 2.05) is 18.4 Å². The van der Waals surface area contributed by atoms with Crippen molar-refractivity contribution in [3.63, 3.8) is 0 Å². The average Bonchev–Trinajstić information content (AvgIpc) is 3.01. The third kappa shape index (κ3) is 2.76. The monoisotopic (exact) mass is 368 g/mol. The molecule has 1 aromatic carbocycles. The minimum atomic E-state index is -0.267. The van der Waals surface area contributed by atoms with Crippen LogP contribution in [0.5, 0.6) is 0 Å². The molecule has 0 bridgehead atoms. The molecule has 3 rings (SSSR count). The zero-order chi connectivity index (χ0) is 15.0. The van der Waals surface area contributed by atoms with Gasteiger partial charge in [0.25, 0.3) is 0 Å². The van der Waals surface area contributed by atoms with Crippen molar-refractivity contribution in [2.45, 2.75) is 19.4 Å². The number of hydrazine groups is 1. The first-order valence-corrected chi connectivity index (χ1v) is 8.14. The number of hydrogen-bond acceptors (Lipinski definition) is 4. The lowest BCUT2D eigenvalue weighted by atomic mass is 10.1. The smallest absolute Gasteiger partial charge is 0.134 e. The Bertz CT molecular complexity index is 783. The van der Waals surface area contributed by atoms with E-state index in [0.717, 1.165) is 21.2 Å². The maximum Gasteiger partial charge on any atom is 0.134 e. The molecule has 110 valence electrons. The van der Waals surface area contributed by atoms with Crippen molar-refractivity contribution in [2.75, 3.05) is 0 Å². The van der Waals surface area contributed by atoms with E-state index in [-0.39, 0.29) is 11.9 Å². The molecule has 3 N–H and O–H groups in total. The highest BCUT2D eigenvalue weighted by Crippen LogP contribution is 2.33. The Morgan fingerprint density at radius 2 is 2.24 bits per heavy atom. The van der Waals surface area contributed by atoms with Crippen molar-refractivity contribution >= 4 is 38.2 Å². The van der Waals surface area contributed by atoms with Gasteiger partial charge in [-0.2, -0.15) is 0 Å². The molecule has 0 saturated heterocycles. The summed E-state index contributed by atoms with van der Waals surface area (Å²) < 4.78 is 20.3. The number of furan rings is 1. The number of hydrogen-bond donors (Lipinski definition) is 2. The van der Waals surface area contributed by atoms with Gasteiger partial charge in [0.2, 0.25) is 0 Å². The van der Waals surface area contributed by atoms with Gasteiger partial charge in [0.05, 0.1) is 6.04 Å². The molecule has 0 radical (unpaired) electrons. The van der Waals surface area contributed by atoms with E-state index < -0.39 is 0 Å². The molecule has 0 fully saturated rings. The Labute approximate surface area is 134 Å². The number of fused-ring (bicyclic) bond motifs is 1. The third-order valence-electron chi connectivity index (χ3n) is 3.53. The average molecular weight is 369 g/mol. The van der Waals surface area contributed by atoms with Gasteiger partial charge in [0, 0.05) is 26.7 Å². The van der Waals surface area contributed by atoms with Crippen molar-refractivity contribution in [3.05, 3.63) is 56.1 Å². The first kappa shape index (κ1) is 14.7. The highest BCUT2D eigenvalue weighted by molar-refractivity contribution is 9.10. The predicted molar refractivity (Wildman–Crippen MR) is 86.7 cm³/mol. The number of aryl methyl sites for hydroxylation is 1. The van der Waals surface area contributed by atoms with E-state index in [1.165, 1.54) is 17.0 Å². The zero-order valence-electron chi connectivity index (χ0n) is 11.3. The molecule has 1 unspecified atom stereocenters. The van der Waals surface area contributed by atoms with Crippen molar-refractivity contribution < 1.29 is 8.81 Å². The molecule has 6 heteroatoms. The molecule has 0 saturated carbocycles. The highest BCUT2D eigenvalue weighted by Gasteiger charge is 2.21. The molecule has 0 aliphatic rings. The summed E-state index contributed by atoms with van der Waals surface area (Å²) in [5, 5.41) is 2.81. The summed E-state index contributed by atoms with van der Waals surface area (Å²) in [4.78, 5) is 1.18. The van der Waals surface area contributed by atoms with Crippen LogP contribution >= 0.6 is 27.3 Å². The second-order valence-corrected chi connectivity index (χ2v) is 6.70. The number of thiophene rings is 1. The molecular formula is C15H14BrFN2OS. The third-order valence-corrected chi connectivity index (χ3v) is 5.48. The Hall–Kier alpha value is -1.21. The summed E-state index contributed by atoms with van der Waals surface area (Å²) >= 11 is 5.18. The SMILES string of the molecule is Cc1c(C(Cc2sccc2Br)NN)oc2ccc(F)cc12. The molecule has 0 aliphatic heterocycles. The van der Waals surface area contributed by atoms with E-state index in [0.29, 0.717) is 12.0 Å². The van der Waals surface area contributed by atoms with E-state index in [4.69, 9.17) is 10.3 Å². The second kappa shape index (κ2) is 5.88. The Balaban J connectivity index is 2.01. The summed E-state index contributed by atoms with van der Waals surface area (Å²) in [6.07, 6.45) is 0.706. The first-order chi connectivity index (χ1) is 10.1. The van der Waals surface area contributed by atoms with Crippen LogP contribution in [0.1, 0.15) is 22.2 Å². The molecule has 0 amide bonds. The van der Waals surface area contributed by atoms with Crippen molar-refractivity contribution in [1.29, 1.82) is 0 Å². The summed E-state index contributed by atoms with van der Waals surface area (Å²) in [7, 11) is 0. The van der Waals surface area contributed by atoms with Gasteiger partial charge in [-0.05, 0) is 52.5 Å². The number of benzene rings is 1. The molecule has 2 aromatic heterocycles. The maximum absolute atomic E-state index is 13.4. The van der Waals surface area contributed by atoms with Gasteiger partial charge in [-0.15, -0.1) is 11.3 Å². The Morgan fingerprint density at radius 3 is 2.90 bits per heavy atom. The van der Waals surface area contributed by atoms with Gasteiger partial charge in [0.1, 0.15) is 17.2 Å². The largest absolute Gasteiger partial charge is 0.459 e. The fourth-order valence-electron chi connectivity index (χ4n) is 2.43. The number of rotatable bonds is 4. The minimum absolute atomic E-state index is 0.157. The molecule has 0 spiro atoms. The van der Waals surface area contributed by atoms with Gasteiger partial charge in [0.15, 0.2) is 0 Å². The van der Waals surface area contributed by atoms with Crippen LogP contribution in [0.25, 0.3) is 11.0 Å². The van der Waals surface area contributed by atoms with Crippen LogP contribution in [-0.4, -0.2) is 0 Å². The Kier molecular flexibility index (Phi) is 4.12. The standard InChI is InChI=1S/C15H14BrFN2OS/c1-8-10-6-9(17)2-3-13(10)20-15(8)12(19-18)7-14-11(16)4-5-21-14/h2-6,12,19H,7,18H2,1H3. The fraction of sp³-hybridized carbons (Fsp3) is 0.200. The molecule has 3 nitrogen and oxygen atoms in total. The summed E-state index contributed by atoms with van der Waals surface area (Å²) in [5.74, 6) is 6.18. The number of nitrogens with two attached hydrogens (primary N) is 1.